The molecular formula is C14H15N3O2. The zero-order valence-corrected chi connectivity index (χ0v) is 10.6. The Morgan fingerprint density at radius 1 is 1.37 bits per heavy atom. The lowest BCUT2D eigenvalue weighted by atomic mass is 10.1. The minimum Gasteiger partial charge on any atom is -0.496 e. The van der Waals surface area contributed by atoms with Gasteiger partial charge in [-0.1, -0.05) is 12.1 Å². The van der Waals surface area contributed by atoms with Crippen molar-refractivity contribution in [1.82, 2.24) is 15.3 Å². The van der Waals surface area contributed by atoms with E-state index in [0.29, 0.717) is 13.0 Å². The van der Waals surface area contributed by atoms with Gasteiger partial charge >= 0.3 is 0 Å². The fourth-order valence-corrected chi connectivity index (χ4v) is 2.35. The van der Waals surface area contributed by atoms with Gasteiger partial charge in [0.2, 0.25) is 5.91 Å². The number of nitrogens with zero attached hydrogens (tertiary/aromatic N) is 1. The number of methoxy groups -OCH3 is 1. The minimum absolute atomic E-state index is 0.0836. The van der Waals surface area contributed by atoms with Crippen molar-refractivity contribution in [3.05, 3.63) is 36.3 Å². The van der Waals surface area contributed by atoms with Crippen molar-refractivity contribution >= 4 is 5.91 Å². The van der Waals surface area contributed by atoms with Crippen LogP contribution in [0, 0.1) is 0 Å². The van der Waals surface area contributed by atoms with E-state index in [2.05, 4.69) is 15.3 Å². The summed E-state index contributed by atoms with van der Waals surface area (Å²) >= 11 is 0. The molecule has 2 aromatic rings. The average Bonchev–Trinajstić information content (AvgIpc) is 3.07. The Morgan fingerprint density at radius 3 is 2.95 bits per heavy atom. The molecule has 19 heavy (non-hydrogen) atoms. The molecule has 1 aromatic carbocycles. The number of H-pyrrole nitrogens is 1. The minimum atomic E-state index is 0.0836. The van der Waals surface area contributed by atoms with E-state index < -0.39 is 0 Å². The van der Waals surface area contributed by atoms with Crippen LogP contribution in [0.1, 0.15) is 18.2 Å². The van der Waals surface area contributed by atoms with Gasteiger partial charge in [-0.2, -0.15) is 0 Å². The second kappa shape index (κ2) is 4.76. The predicted molar refractivity (Wildman–Crippen MR) is 70.9 cm³/mol. The summed E-state index contributed by atoms with van der Waals surface area (Å²) < 4.78 is 5.34. The monoisotopic (exact) mass is 257 g/mol. The smallest absolute Gasteiger partial charge is 0.220 e. The molecule has 1 atom stereocenters. The highest BCUT2D eigenvalue weighted by atomic mass is 16.5. The van der Waals surface area contributed by atoms with Crippen molar-refractivity contribution in [3.8, 4) is 17.0 Å². The quantitative estimate of drug-likeness (QED) is 0.879. The van der Waals surface area contributed by atoms with Crippen LogP contribution >= 0.6 is 0 Å². The molecule has 1 amide bonds. The van der Waals surface area contributed by atoms with Gasteiger partial charge in [0.05, 0.1) is 19.0 Å². The molecule has 1 aromatic heterocycles. The third kappa shape index (κ3) is 2.19. The zero-order valence-electron chi connectivity index (χ0n) is 10.6. The number of para-hydroxylation sites is 1. The van der Waals surface area contributed by atoms with Gasteiger partial charge in [0.1, 0.15) is 11.6 Å². The second-order valence-electron chi connectivity index (χ2n) is 4.59. The summed E-state index contributed by atoms with van der Waals surface area (Å²) in [7, 11) is 1.65. The summed E-state index contributed by atoms with van der Waals surface area (Å²) in [6.45, 7) is 0.651. The third-order valence-electron chi connectivity index (χ3n) is 3.36. The molecule has 0 aliphatic carbocycles. The van der Waals surface area contributed by atoms with Crippen molar-refractivity contribution in [1.29, 1.82) is 0 Å². The van der Waals surface area contributed by atoms with E-state index in [0.717, 1.165) is 22.8 Å². The summed E-state index contributed by atoms with van der Waals surface area (Å²) in [4.78, 5) is 18.9. The number of carbonyl (C=O) groups excluding carboxylic acids is 1. The number of nitrogens with one attached hydrogen (secondary N) is 2. The maximum Gasteiger partial charge on any atom is 0.220 e. The van der Waals surface area contributed by atoms with Crippen molar-refractivity contribution < 1.29 is 9.53 Å². The number of hydrogen-bond acceptors (Lipinski definition) is 3. The topological polar surface area (TPSA) is 67.0 Å². The Labute approximate surface area is 111 Å². The van der Waals surface area contributed by atoms with Crippen LogP contribution < -0.4 is 10.1 Å². The predicted octanol–water partition coefficient (Wildman–Crippen LogP) is 1.69. The lowest BCUT2D eigenvalue weighted by Gasteiger charge is -2.06. The molecule has 2 heterocycles. The molecular weight excluding hydrogens is 242 g/mol. The number of rotatable bonds is 3. The highest BCUT2D eigenvalue weighted by molar-refractivity contribution is 5.79. The average molecular weight is 257 g/mol. The SMILES string of the molecule is COc1ccccc1-c1cnc([C@H]2CNC(=O)C2)[nH]1. The third-order valence-corrected chi connectivity index (χ3v) is 3.36. The molecule has 1 fully saturated rings. The van der Waals surface area contributed by atoms with E-state index in [-0.39, 0.29) is 11.8 Å². The van der Waals surface area contributed by atoms with Gasteiger partial charge in [-0.15, -0.1) is 0 Å². The molecule has 98 valence electrons. The molecule has 0 saturated carbocycles. The molecule has 0 radical (unpaired) electrons. The molecule has 2 N–H and O–H groups in total. The first-order valence-electron chi connectivity index (χ1n) is 6.23. The van der Waals surface area contributed by atoms with E-state index in [9.17, 15) is 4.79 Å². The van der Waals surface area contributed by atoms with Crippen LogP contribution in [0.25, 0.3) is 11.3 Å². The highest BCUT2D eigenvalue weighted by Crippen LogP contribution is 2.30. The summed E-state index contributed by atoms with van der Waals surface area (Å²) in [5.74, 6) is 1.87. The van der Waals surface area contributed by atoms with Gasteiger partial charge in [-0.25, -0.2) is 4.98 Å². The summed E-state index contributed by atoms with van der Waals surface area (Å²) in [6, 6.07) is 7.78. The van der Waals surface area contributed by atoms with E-state index in [1.165, 1.54) is 0 Å². The Bertz CT molecular complexity index is 606. The fraction of sp³-hybridized carbons (Fsp3) is 0.286. The maximum absolute atomic E-state index is 11.2. The first-order chi connectivity index (χ1) is 9.28. The van der Waals surface area contributed by atoms with Crippen molar-refractivity contribution in [2.75, 3.05) is 13.7 Å². The first kappa shape index (κ1) is 11.8. The fourth-order valence-electron chi connectivity index (χ4n) is 2.35. The van der Waals surface area contributed by atoms with E-state index >= 15 is 0 Å². The van der Waals surface area contributed by atoms with Gasteiger partial charge in [-0.05, 0) is 12.1 Å². The Kier molecular flexibility index (Phi) is 2.95. The van der Waals surface area contributed by atoms with E-state index in [1.807, 2.05) is 24.3 Å². The largest absolute Gasteiger partial charge is 0.496 e. The zero-order chi connectivity index (χ0) is 13.2. The second-order valence-corrected chi connectivity index (χ2v) is 4.59. The van der Waals surface area contributed by atoms with Gasteiger partial charge in [0.25, 0.3) is 0 Å². The summed E-state index contributed by atoms with van der Waals surface area (Å²) in [5.41, 5.74) is 1.88. The number of aromatic amines is 1. The van der Waals surface area contributed by atoms with Crippen LogP contribution in [-0.4, -0.2) is 29.5 Å². The van der Waals surface area contributed by atoms with Gasteiger partial charge in [-0.3, -0.25) is 4.79 Å². The van der Waals surface area contributed by atoms with Crippen molar-refractivity contribution in [3.63, 3.8) is 0 Å². The maximum atomic E-state index is 11.2. The van der Waals surface area contributed by atoms with Crippen molar-refractivity contribution in [2.24, 2.45) is 0 Å². The van der Waals surface area contributed by atoms with Crippen molar-refractivity contribution in [2.45, 2.75) is 12.3 Å². The Balaban J connectivity index is 1.90. The normalized spacial score (nSPS) is 18.4. The number of imidazole rings is 1. The number of amides is 1. The number of hydrogen-bond donors (Lipinski definition) is 2. The van der Waals surface area contributed by atoms with Gasteiger partial charge in [0.15, 0.2) is 0 Å². The summed E-state index contributed by atoms with van der Waals surface area (Å²) in [5, 5.41) is 2.82. The Hall–Kier alpha value is -2.30. The summed E-state index contributed by atoms with van der Waals surface area (Å²) in [6.07, 6.45) is 2.29. The van der Waals surface area contributed by atoms with E-state index in [1.54, 1.807) is 13.3 Å². The lowest BCUT2D eigenvalue weighted by Crippen LogP contribution is -2.13. The van der Waals surface area contributed by atoms with Gasteiger partial charge in [0, 0.05) is 24.4 Å². The highest BCUT2D eigenvalue weighted by Gasteiger charge is 2.25. The van der Waals surface area contributed by atoms with Crippen LogP contribution in [0.2, 0.25) is 0 Å². The molecule has 1 aliphatic rings. The lowest BCUT2D eigenvalue weighted by molar-refractivity contribution is -0.119. The number of benzene rings is 1. The standard InChI is InChI=1S/C14H15N3O2/c1-19-12-5-3-2-4-10(12)11-8-16-14(17-11)9-6-13(18)15-7-9/h2-5,8-9H,6-7H2,1H3,(H,15,18)(H,16,17)/t9-/m1/s1. The number of carbonyl (C=O) groups is 1. The molecule has 0 unspecified atom stereocenters. The molecule has 3 rings (SSSR count). The molecule has 5 nitrogen and oxygen atoms in total. The van der Waals surface area contributed by atoms with Crippen LogP contribution in [0.5, 0.6) is 5.75 Å². The van der Waals surface area contributed by atoms with E-state index in [4.69, 9.17) is 4.74 Å². The van der Waals surface area contributed by atoms with Crippen LogP contribution in [0.3, 0.4) is 0 Å². The van der Waals surface area contributed by atoms with Gasteiger partial charge < -0.3 is 15.0 Å². The van der Waals surface area contributed by atoms with Crippen LogP contribution in [-0.2, 0) is 4.79 Å². The molecule has 1 aliphatic heterocycles. The molecule has 5 heteroatoms. The van der Waals surface area contributed by atoms with Crippen LogP contribution in [0.4, 0.5) is 0 Å². The molecule has 1 saturated heterocycles. The first-order valence-corrected chi connectivity index (χ1v) is 6.23. The Morgan fingerprint density at radius 2 is 2.21 bits per heavy atom. The number of aromatic nitrogens is 2. The number of ether oxygens (including phenoxy) is 1. The molecule has 0 spiro atoms. The molecule has 0 bridgehead atoms. The van der Waals surface area contributed by atoms with Crippen LogP contribution in [0.15, 0.2) is 30.5 Å².